The predicted octanol–water partition coefficient (Wildman–Crippen LogP) is 2.56. The van der Waals surface area contributed by atoms with Crippen LogP contribution in [0.4, 0.5) is 4.39 Å². The molecule has 2 aromatic rings. The Balaban J connectivity index is 1.81. The van der Waals surface area contributed by atoms with Crippen molar-refractivity contribution in [3.63, 3.8) is 0 Å². The number of amides is 1. The number of nitrogens with one attached hydrogen (secondary N) is 1. The van der Waals surface area contributed by atoms with E-state index in [1.165, 1.54) is 22.5 Å². The fourth-order valence-corrected chi connectivity index (χ4v) is 4.74. The zero-order valence-corrected chi connectivity index (χ0v) is 17.7. The second-order valence-electron chi connectivity index (χ2n) is 7.43. The predicted molar refractivity (Wildman–Crippen MR) is 110 cm³/mol. The number of carbonyl (C=O) groups is 1. The van der Waals surface area contributed by atoms with Gasteiger partial charge in [0.15, 0.2) is 0 Å². The number of piperazine rings is 1. The number of hydrogen-bond acceptors (Lipinski definition) is 4. The minimum atomic E-state index is -3.66. The third-order valence-corrected chi connectivity index (χ3v) is 7.17. The van der Waals surface area contributed by atoms with E-state index in [-0.39, 0.29) is 22.7 Å². The van der Waals surface area contributed by atoms with Crippen LogP contribution >= 0.6 is 0 Å². The number of nitrogens with zero attached hydrogens (tertiary/aromatic N) is 2. The minimum Gasteiger partial charge on any atom is -0.346 e. The van der Waals surface area contributed by atoms with Gasteiger partial charge in [0.2, 0.25) is 10.0 Å². The lowest BCUT2D eigenvalue weighted by Crippen LogP contribution is -2.47. The van der Waals surface area contributed by atoms with Crippen molar-refractivity contribution in [3.8, 4) is 0 Å². The van der Waals surface area contributed by atoms with Crippen LogP contribution in [0.25, 0.3) is 0 Å². The Morgan fingerprint density at radius 3 is 2.31 bits per heavy atom. The van der Waals surface area contributed by atoms with E-state index in [1.54, 1.807) is 38.1 Å². The van der Waals surface area contributed by atoms with E-state index in [0.29, 0.717) is 37.3 Å². The Morgan fingerprint density at radius 1 is 1.07 bits per heavy atom. The van der Waals surface area contributed by atoms with Crippen LogP contribution in [-0.2, 0) is 10.0 Å². The molecule has 29 heavy (non-hydrogen) atoms. The molecule has 6 nitrogen and oxygen atoms in total. The van der Waals surface area contributed by atoms with Gasteiger partial charge in [0, 0.05) is 31.7 Å². The van der Waals surface area contributed by atoms with Crippen LogP contribution in [0.3, 0.4) is 0 Å². The summed E-state index contributed by atoms with van der Waals surface area (Å²) in [5, 5.41) is 2.86. The lowest BCUT2D eigenvalue weighted by Gasteiger charge is -2.31. The number of sulfonamides is 1. The molecule has 156 valence electrons. The summed E-state index contributed by atoms with van der Waals surface area (Å²) in [5.74, 6) is -0.709. The molecule has 0 saturated carbocycles. The zero-order chi connectivity index (χ0) is 21.2. The van der Waals surface area contributed by atoms with E-state index in [4.69, 9.17) is 0 Å². The highest BCUT2D eigenvalue weighted by atomic mass is 32.2. The monoisotopic (exact) mass is 419 g/mol. The molecular weight excluding hydrogens is 393 g/mol. The van der Waals surface area contributed by atoms with Gasteiger partial charge in [-0.2, -0.15) is 4.31 Å². The Labute approximate surface area is 171 Å². The van der Waals surface area contributed by atoms with Crippen molar-refractivity contribution in [1.82, 2.24) is 14.5 Å². The smallest absolute Gasteiger partial charge is 0.252 e. The first-order valence-electron chi connectivity index (χ1n) is 9.54. The van der Waals surface area contributed by atoms with E-state index in [9.17, 15) is 17.6 Å². The molecule has 2 aromatic carbocycles. The molecule has 1 atom stereocenters. The Hall–Kier alpha value is -2.29. The number of aryl methyl sites for hydroxylation is 1. The number of benzene rings is 2. The van der Waals surface area contributed by atoms with E-state index in [1.807, 2.05) is 7.05 Å². The first-order valence-corrected chi connectivity index (χ1v) is 11.0. The number of hydrogen-bond donors (Lipinski definition) is 1. The lowest BCUT2D eigenvalue weighted by molar-refractivity contribution is 0.0939. The molecule has 8 heteroatoms. The van der Waals surface area contributed by atoms with E-state index < -0.39 is 10.0 Å². The van der Waals surface area contributed by atoms with Crippen LogP contribution in [-0.4, -0.2) is 56.8 Å². The Kier molecular flexibility index (Phi) is 6.36. The average Bonchev–Trinajstić information content (AvgIpc) is 2.68. The third kappa shape index (κ3) is 4.83. The van der Waals surface area contributed by atoms with Crippen molar-refractivity contribution in [2.45, 2.75) is 24.8 Å². The van der Waals surface area contributed by atoms with E-state index in [0.717, 1.165) is 5.56 Å². The quantitative estimate of drug-likeness (QED) is 0.809. The molecule has 1 N–H and O–H groups in total. The maximum absolute atomic E-state index is 13.1. The summed E-state index contributed by atoms with van der Waals surface area (Å²) >= 11 is 0. The molecule has 1 aliphatic rings. The second-order valence-corrected chi connectivity index (χ2v) is 9.37. The molecule has 1 saturated heterocycles. The van der Waals surface area contributed by atoms with Crippen molar-refractivity contribution >= 4 is 15.9 Å². The summed E-state index contributed by atoms with van der Waals surface area (Å²) in [6, 6.07) is 10.2. The first-order chi connectivity index (χ1) is 13.7. The molecular formula is C21H26FN3O3S. The van der Waals surface area contributed by atoms with Gasteiger partial charge in [-0.1, -0.05) is 18.2 Å². The first kappa shape index (κ1) is 21.4. The van der Waals surface area contributed by atoms with Gasteiger partial charge in [-0.3, -0.25) is 4.79 Å². The van der Waals surface area contributed by atoms with Crippen LogP contribution in [0.2, 0.25) is 0 Å². The number of likely N-dealkylation sites (N-methyl/N-ethyl adjacent to an activating group) is 1. The average molecular weight is 420 g/mol. The number of carbonyl (C=O) groups excluding carboxylic acids is 1. The van der Waals surface area contributed by atoms with Crippen molar-refractivity contribution in [2.75, 3.05) is 33.2 Å². The van der Waals surface area contributed by atoms with E-state index >= 15 is 0 Å². The summed E-state index contributed by atoms with van der Waals surface area (Å²) in [6.07, 6.45) is 0. The van der Waals surface area contributed by atoms with Crippen molar-refractivity contribution in [3.05, 3.63) is 65.0 Å². The molecule has 3 rings (SSSR count). The Morgan fingerprint density at radius 2 is 1.69 bits per heavy atom. The molecule has 1 heterocycles. The van der Waals surface area contributed by atoms with Crippen molar-refractivity contribution in [2.24, 2.45) is 0 Å². The van der Waals surface area contributed by atoms with Gasteiger partial charge in [-0.25, -0.2) is 12.8 Å². The Bertz CT molecular complexity index is 985. The maximum Gasteiger partial charge on any atom is 0.252 e. The second kappa shape index (κ2) is 8.61. The standard InChI is InChI=1S/C21H26FN3O3S/c1-15-4-9-19(29(27,28)25-12-10-24(3)11-13-25)14-20(15)21(26)23-16(2)17-5-7-18(22)8-6-17/h4-9,14,16H,10-13H2,1-3H3,(H,23,26). The van der Waals surface area contributed by atoms with Crippen LogP contribution in [0, 0.1) is 12.7 Å². The van der Waals surface area contributed by atoms with Gasteiger partial charge < -0.3 is 10.2 Å². The topological polar surface area (TPSA) is 69.7 Å². The molecule has 0 radical (unpaired) electrons. The number of rotatable bonds is 5. The fourth-order valence-electron chi connectivity index (χ4n) is 3.29. The van der Waals surface area contributed by atoms with Gasteiger partial charge in [-0.15, -0.1) is 0 Å². The molecule has 1 unspecified atom stereocenters. The highest BCUT2D eigenvalue weighted by Crippen LogP contribution is 2.22. The van der Waals surface area contributed by atoms with Crippen LogP contribution < -0.4 is 5.32 Å². The molecule has 0 spiro atoms. The summed E-state index contributed by atoms with van der Waals surface area (Å²) in [5.41, 5.74) is 1.76. The molecule has 0 bridgehead atoms. The van der Waals surface area contributed by atoms with Crippen molar-refractivity contribution < 1.29 is 17.6 Å². The fraction of sp³-hybridized carbons (Fsp3) is 0.381. The van der Waals surface area contributed by atoms with Crippen molar-refractivity contribution in [1.29, 1.82) is 0 Å². The van der Waals surface area contributed by atoms with Gasteiger partial charge >= 0.3 is 0 Å². The van der Waals surface area contributed by atoms with Gasteiger partial charge in [0.25, 0.3) is 5.91 Å². The van der Waals surface area contributed by atoms with Crippen LogP contribution in [0.15, 0.2) is 47.4 Å². The molecule has 0 aromatic heterocycles. The van der Waals surface area contributed by atoms with Gasteiger partial charge in [-0.05, 0) is 56.3 Å². The highest BCUT2D eigenvalue weighted by Gasteiger charge is 2.28. The summed E-state index contributed by atoms with van der Waals surface area (Å²) in [7, 11) is -1.70. The minimum absolute atomic E-state index is 0.118. The number of halogens is 1. The zero-order valence-electron chi connectivity index (χ0n) is 16.9. The van der Waals surface area contributed by atoms with Crippen LogP contribution in [0.5, 0.6) is 0 Å². The van der Waals surface area contributed by atoms with Crippen LogP contribution in [0.1, 0.15) is 34.5 Å². The largest absolute Gasteiger partial charge is 0.346 e. The highest BCUT2D eigenvalue weighted by molar-refractivity contribution is 7.89. The molecule has 1 amide bonds. The molecule has 1 aliphatic heterocycles. The SMILES string of the molecule is Cc1ccc(S(=O)(=O)N2CCN(C)CC2)cc1C(=O)NC(C)c1ccc(F)cc1. The lowest BCUT2D eigenvalue weighted by atomic mass is 10.1. The van der Waals surface area contributed by atoms with Gasteiger partial charge in [0.05, 0.1) is 10.9 Å². The molecule has 1 fully saturated rings. The normalized spacial score (nSPS) is 17.1. The summed E-state index contributed by atoms with van der Waals surface area (Å²) < 4.78 is 40.6. The summed E-state index contributed by atoms with van der Waals surface area (Å²) in [6.45, 7) is 5.77. The summed E-state index contributed by atoms with van der Waals surface area (Å²) in [4.78, 5) is 15.0. The third-order valence-electron chi connectivity index (χ3n) is 5.27. The van der Waals surface area contributed by atoms with Gasteiger partial charge in [0.1, 0.15) is 5.82 Å². The van der Waals surface area contributed by atoms with E-state index in [2.05, 4.69) is 10.2 Å². The maximum atomic E-state index is 13.1. The molecule has 0 aliphatic carbocycles.